The Labute approximate surface area is 292 Å². The van der Waals surface area contributed by atoms with Crippen LogP contribution in [0, 0.1) is 0 Å². The van der Waals surface area contributed by atoms with Crippen molar-refractivity contribution in [3.8, 4) is 45.4 Å². The number of para-hydroxylation sites is 2. The molecule has 9 rings (SSSR count). The molecule has 2 heterocycles. The van der Waals surface area contributed by atoms with Crippen LogP contribution >= 0.6 is 0 Å². The minimum absolute atomic E-state index is 0.545. The average Bonchev–Trinajstić information content (AvgIpc) is 3.44. The van der Waals surface area contributed by atoms with Crippen molar-refractivity contribution < 1.29 is 4.74 Å². The summed E-state index contributed by atoms with van der Waals surface area (Å²) in [7, 11) is 0. The van der Waals surface area contributed by atoms with Crippen LogP contribution in [-0.4, -0.2) is 15.0 Å². The van der Waals surface area contributed by atoms with Crippen LogP contribution in [0.25, 0.3) is 45.0 Å². The Bertz CT molecular complexity index is 2420. The molecule has 1 spiro atoms. The summed E-state index contributed by atoms with van der Waals surface area (Å²) in [6.45, 7) is 4.34. The number of hydrogen-bond donors (Lipinski definition) is 0. The SMILES string of the molecule is C/C=C(\C1=C(C)C2(c3ccccc3Oc3ccccc32)c2ccccc21)c1nc(-c2ccccc2)nc(-c2ccc(-c3ccccc3)cc2)n1. The number of nitrogens with zero attached hydrogens (tertiary/aromatic N) is 3. The standard InChI is InChI=1S/C46H33N3O/c1-3-35(42-30(2)46(37-21-11-10-20-36(37)42)38-22-12-14-24-40(38)50-41-25-15-13-23-39(41)46)45-48-43(33-18-8-5-9-19-33)47-44(49-45)34-28-26-32(27-29-34)31-16-6-4-7-17-31/h3-29H,1-2H3/b35-3+. The van der Waals surface area contributed by atoms with Crippen LogP contribution in [0.2, 0.25) is 0 Å². The summed E-state index contributed by atoms with van der Waals surface area (Å²) in [4.78, 5) is 15.5. The molecule has 0 amide bonds. The Morgan fingerprint density at radius 1 is 0.500 bits per heavy atom. The second-order valence-electron chi connectivity index (χ2n) is 12.7. The van der Waals surface area contributed by atoms with Gasteiger partial charge in [0.05, 0.1) is 5.41 Å². The Morgan fingerprint density at radius 2 is 0.960 bits per heavy atom. The van der Waals surface area contributed by atoms with E-state index in [1.807, 2.05) is 36.4 Å². The van der Waals surface area contributed by atoms with Gasteiger partial charge in [-0.05, 0) is 59.4 Å². The first-order chi connectivity index (χ1) is 24.7. The molecule has 0 N–H and O–H groups in total. The highest BCUT2D eigenvalue weighted by molar-refractivity contribution is 6.10. The fraction of sp³-hybridized carbons (Fsp3) is 0.0652. The molecule has 1 aliphatic carbocycles. The molecule has 7 aromatic rings. The van der Waals surface area contributed by atoms with Gasteiger partial charge >= 0.3 is 0 Å². The van der Waals surface area contributed by atoms with E-state index >= 15 is 0 Å². The van der Waals surface area contributed by atoms with Crippen molar-refractivity contribution in [2.45, 2.75) is 19.3 Å². The molecule has 0 fully saturated rings. The highest BCUT2D eigenvalue weighted by Crippen LogP contribution is 2.62. The van der Waals surface area contributed by atoms with Gasteiger partial charge in [0.1, 0.15) is 11.5 Å². The second-order valence-corrected chi connectivity index (χ2v) is 12.7. The van der Waals surface area contributed by atoms with Gasteiger partial charge in [-0.3, -0.25) is 0 Å². The van der Waals surface area contributed by atoms with Crippen LogP contribution in [0.5, 0.6) is 11.5 Å². The molecule has 0 radical (unpaired) electrons. The molecule has 0 bridgehead atoms. The number of ether oxygens (including phenoxy) is 1. The van der Waals surface area contributed by atoms with Gasteiger partial charge < -0.3 is 4.74 Å². The fourth-order valence-electron chi connectivity index (χ4n) is 7.82. The maximum atomic E-state index is 6.53. The van der Waals surface area contributed by atoms with Crippen LogP contribution in [0.15, 0.2) is 169 Å². The number of allylic oxidation sites excluding steroid dienone is 4. The highest BCUT2D eigenvalue weighted by Gasteiger charge is 2.51. The van der Waals surface area contributed by atoms with Gasteiger partial charge in [0.25, 0.3) is 0 Å². The smallest absolute Gasteiger partial charge is 0.164 e. The summed E-state index contributed by atoms with van der Waals surface area (Å²) >= 11 is 0. The molecule has 0 atom stereocenters. The number of aromatic nitrogens is 3. The lowest BCUT2D eigenvalue weighted by Crippen LogP contribution is -2.32. The van der Waals surface area contributed by atoms with Crippen molar-refractivity contribution in [1.29, 1.82) is 0 Å². The molecule has 1 aliphatic heterocycles. The first-order valence-electron chi connectivity index (χ1n) is 17.0. The monoisotopic (exact) mass is 643 g/mol. The van der Waals surface area contributed by atoms with E-state index in [1.54, 1.807) is 0 Å². The van der Waals surface area contributed by atoms with Gasteiger partial charge in [-0.15, -0.1) is 0 Å². The summed E-state index contributed by atoms with van der Waals surface area (Å²) in [5.41, 5.74) is 11.6. The lowest BCUT2D eigenvalue weighted by atomic mass is 9.65. The third-order valence-corrected chi connectivity index (χ3v) is 10.1. The number of benzene rings is 6. The van der Waals surface area contributed by atoms with Gasteiger partial charge in [0.2, 0.25) is 0 Å². The largest absolute Gasteiger partial charge is 0.457 e. The van der Waals surface area contributed by atoms with Gasteiger partial charge in [0.15, 0.2) is 17.5 Å². The van der Waals surface area contributed by atoms with Crippen LogP contribution < -0.4 is 4.74 Å². The zero-order chi connectivity index (χ0) is 33.7. The predicted molar refractivity (Wildman–Crippen MR) is 202 cm³/mol. The highest BCUT2D eigenvalue weighted by atomic mass is 16.5. The summed E-state index contributed by atoms with van der Waals surface area (Å²) in [6, 6.07) is 54.7. The molecule has 1 aromatic heterocycles. The third kappa shape index (κ3) is 4.56. The van der Waals surface area contributed by atoms with E-state index in [9.17, 15) is 0 Å². The van der Waals surface area contributed by atoms with Crippen molar-refractivity contribution in [3.63, 3.8) is 0 Å². The van der Waals surface area contributed by atoms with Crippen molar-refractivity contribution in [3.05, 3.63) is 197 Å². The molecule has 4 nitrogen and oxygen atoms in total. The average molecular weight is 644 g/mol. The Kier molecular flexibility index (Phi) is 7.10. The third-order valence-electron chi connectivity index (χ3n) is 10.1. The number of hydrogen-bond acceptors (Lipinski definition) is 4. The van der Waals surface area contributed by atoms with E-state index in [2.05, 4.69) is 141 Å². The van der Waals surface area contributed by atoms with Crippen LogP contribution in [0.1, 0.15) is 41.9 Å². The van der Waals surface area contributed by atoms with Gasteiger partial charge in [-0.2, -0.15) is 0 Å². The molecule has 2 aliphatic rings. The molecule has 6 aromatic carbocycles. The van der Waals surface area contributed by atoms with E-state index in [0.717, 1.165) is 50.5 Å². The van der Waals surface area contributed by atoms with Crippen molar-refractivity contribution in [2.24, 2.45) is 0 Å². The van der Waals surface area contributed by atoms with E-state index in [4.69, 9.17) is 19.7 Å². The molecule has 0 saturated carbocycles. The molecule has 238 valence electrons. The quantitative estimate of drug-likeness (QED) is 0.187. The van der Waals surface area contributed by atoms with Crippen molar-refractivity contribution in [2.75, 3.05) is 0 Å². The van der Waals surface area contributed by atoms with E-state index in [1.165, 1.54) is 22.3 Å². The minimum atomic E-state index is -0.545. The van der Waals surface area contributed by atoms with Crippen molar-refractivity contribution >= 4 is 11.1 Å². The summed E-state index contributed by atoms with van der Waals surface area (Å²) in [5, 5.41) is 0. The first kappa shape index (κ1) is 29.7. The van der Waals surface area contributed by atoms with Crippen molar-refractivity contribution in [1.82, 2.24) is 15.0 Å². The maximum Gasteiger partial charge on any atom is 0.164 e. The Hall–Kier alpha value is -6.39. The van der Waals surface area contributed by atoms with Crippen LogP contribution in [-0.2, 0) is 5.41 Å². The van der Waals surface area contributed by atoms with Crippen LogP contribution in [0.3, 0.4) is 0 Å². The molecule has 0 unspecified atom stereocenters. The predicted octanol–water partition coefficient (Wildman–Crippen LogP) is 11.2. The lowest BCUT2D eigenvalue weighted by Gasteiger charge is -2.39. The molecular weight excluding hydrogens is 611 g/mol. The van der Waals surface area contributed by atoms with E-state index < -0.39 is 5.41 Å². The molecule has 0 saturated heterocycles. The summed E-state index contributed by atoms with van der Waals surface area (Å²) in [6.07, 6.45) is 2.15. The normalized spacial score (nSPS) is 14.2. The van der Waals surface area contributed by atoms with Gasteiger partial charge in [-0.25, -0.2) is 15.0 Å². The van der Waals surface area contributed by atoms with Gasteiger partial charge in [-0.1, -0.05) is 152 Å². The zero-order valence-electron chi connectivity index (χ0n) is 27.8. The molecule has 50 heavy (non-hydrogen) atoms. The lowest BCUT2D eigenvalue weighted by molar-refractivity contribution is 0.434. The summed E-state index contributed by atoms with van der Waals surface area (Å²) in [5.74, 6) is 3.65. The van der Waals surface area contributed by atoms with Crippen LogP contribution in [0.4, 0.5) is 0 Å². The number of fused-ring (bicyclic) bond motifs is 6. The zero-order valence-corrected chi connectivity index (χ0v) is 27.8. The fourth-order valence-corrected chi connectivity index (χ4v) is 7.82. The topological polar surface area (TPSA) is 47.9 Å². The Balaban J connectivity index is 1.26. The van der Waals surface area contributed by atoms with Gasteiger partial charge in [0, 0.05) is 27.8 Å². The second kappa shape index (κ2) is 11.9. The van der Waals surface area contributed by atoms with E-state index in [-0.39, 0.29) is 0 Å². The number of rotatable bonds is 5. The maximum absolute atomic E-state index is 6.53. The molecule has 4 heteroatoms. The minimum Gasteiger partial charge on any atom is -0.457 e. The molecular formula is C46H33N3O. The first-order valence-corrected chi connectivity index (χ1v) is 17.0. The Morgan fingerprint density at radius 3 is 1.56 bits per heavy atom. The summed E-state index contributed by atoms with van der Waals surface area (Å²) < 4.78 is 6.53. The van der Waals surface area contributed by atoms with E-state index in [0.29, 0.717) is 17.5 Å².